The molecule has 0 atom stereocenters. The topological polar surface area (TPSA) is 39.7 Å². The van der Waals surface area contributed by atoms with Crippen molar-refractivity contribution in [1.29, 1.82) is 0 Å². The van der Waals surface area contributed by atoms with Crippen LogP contribution in [0.5, 0.6) is 11.5 Å². The van der Waals surface area contributed by atoms with E-state index in [0.29, 0.717) is 65.1 Å². The number of fused-ring (bicyclic) bond motifs is 7. The summed E-state index contributed by atoms with van der Waals surface area (Å²) in [4.78, 5) is 5.10. The molecule has 0 radical (unpaired) electrons. The van der Waals surface area contributed by atoms with Crippen molar-refractivity contribution in [1.82, 2.24) is 9.38 Å². The third-order valence-corrected chi connectivity index (χ3v) is 19.5. The molecule has 2 aromatic heterocycles. The molecule has 5 heteroatoms. The fourth-order valence-electron chi connectivity index (χ4n) is 10.4. The van der Waals surface area contributed by atoms with Gasteiger partial charge in [-0.25, -0.2) is 0 Å². The van der Waals surface area contributed by atoms with E-state index >= 15 is 0 Å². The lowest BCUT2D eigenvalue weighted by Crippen LogP contribution is -2.56. The zero-order chi connectivity index (χ0) is 47.1. The molecule has 0 N–H and O–H groups in total. The van der Waals surface area contributed by atoms with Crippen LogP contribution in [-0.2, 0) is 5.04 Å². The third kappa shape index (κ3) is 5.56. The predicted octanol–water partition coefficient (Wildman–Crippen LogP) is 14.7. The zero-order valence-electron chi connectivity index (χ0n) is 42.3. The molecule has 3 heterocycles. The van der Waals surface area contributed by atoms with E-state index in [4.69, 9.17) is 22.4 Å². The van der Waals surface area contributed by atoms with Crippen LogP contribution in [0.15, 0.2) is 114 Å². The number of aryl methyl sites for hydroxylation is 2. The predicted molar refractivity (Wildman–Crippen MR) is 247 cm³/mol. The maximum atomic E-state index is 10.0. The fraction of sp³-hybridized carbons (Fsp3) is 0.315. The van der Waals surface area contributed by atoms with E-state index in [1.807, 2.05) is 71.1 Å². The monoisotopic (exact) mass is 798 g/mol. The van der Waals surface area contributed by atoms with Gasteiger partial charge in [-0.05, 0) is 148 Å². The highest BCUT2D eigenvalue weighted by Gasteiger charge is 2.48. The highest BCUT2D eigenvalue weighted by Crippen LogP contribution is 2.53. The second-order valence-corrected chi connectivity index (χ2v) is 23.0. The van der Waals surface area contributed by atoms with E-state index < -0.39 is 33.6 Å². The molecule has 0 saturated heterocycles. The van der Waals surface area contributed by atoms with Crippen LogP contribution in [-0.4, -0.2) is 17.5 Å². The number of ether oxygens (including phenoxy) is 1. The van der Waals surface area contributed by atoms with E-state index in [-0.39, 0.29) is 27.3 Å². The minimum Gasteiger partial charge on any atom is -0.457 e. The number of benzene rings is 6. The van der Waals surface area contributed by atoms with Crippen LogP contribution in [0.25, 0.3) is 61.4 Å². The van der Waals surface area contributed by atoms with E-state index in [9.17, 15) is 2.74 Å². The lowest BCUT2D eigenvalue weighted by molar-refractivity contribution is 0.477. The number of aromatic nitrogens is 2. The SMILES string of the molecule is [2H]C([2H])([2H])c1ccc(-c2c(C3([2H])CCCC3)ccc3c2Oc2ccccc2[Si](C)(C)C3(C)C)cc1-c1cc(-c2c(C3([2H])CCCC3)ccc3c2nc2oc4ccccc4n23)ccc1C([2H])([2H])[2H]. The van der Waals surface area contributed by atoms with Gasteiger partial charge in [-0.2, -0.15) is 4.98 Å². The van der Waals surface area contributed by atoms with Gasteiger partial charge >= 0.3 is 5.84 Å². The van der Waals surface area contributed by atoms with Crippen molar-refractivity contribution in [2.75, 3.05) is 0 Å². The van der Waals surface area contributed by atoms with E-state index in [2.05, 4.69) is 51.2 Å². The molecule has 8 aromatic rings. The molecule has 2 aliphatic carbocycles. The maximum absolute atomic E-state index is 10.0. The second kappa shape index (κ2) is 13.6. The highest BCUT2D eigenvalue weighted by atomic mass is 28.3. The van der Waals surface area contributed by atoms with Gasteiger partial charge in [0.25, 0.3) is 0 Å². The summed E-state index contributed by atoms with van der Waals surface area (Å²) in [5, 5.41) is 0.869. The van der Waals surface area contributed by atoms with Crippen LogP contribution in [0.2, 0.25) is 13.1 Å². The quantitative estimate of drug-likeness (QED) is 0.163. The van der Waals surface area contributed by atoms with Crippen molar-refractivity contribution in [2.24, 2.45) is 0 Å². The summed E-state index contributed by atoms with van der Waals surface area (Å²) >= 11 is 0. The molecule has 3 aliphatic rings. The Morgan fingerprint density at radius 3 is 2.00 bits per heavy atom. The molecule has 0 amide bonds. The number of imidazole rings is 1. The molecule has 4 nitrogen and oxygen atoms in total. The number of rotatable bonds is 5. The normalized spacial score (nSPS) is 21.2. The minimum absolute atomic E-state index is 0.0117. The Bertz CT molecular complexity index is 3310. The molecule has 0 bridgehead atoms. The van der Waals surface area contributed by atoms with Gasteiger partial charge in [-0.3, -0.25) is 4.40 Å². The molecule has 11 rings (SSSR count). The molecular weight excluding hydrogens is 737 g/mol. The number of hydrogen-bond acceptors (Lipinski definition) is 3. The zero-order valence-corrected chi connectivity index (χ0v) is 35.3. The first-order valence-electron chi connectivity index (χ1n) is 25.3. The Morgan fingerprint density at radius 2 is 1.31 bits per heavy atom. The van der Waals surface area contributed by atoms with Crippen LogP contribution in [0.3, 0.4) is 0 Å². The minimum atomic E-state index is -2.63. The standard InChI is InChI=1S/C54H54N2O2Si/c1-33-23-25-37(49-39(35-15-7-8-16-35)28-30-45-51(49)55-53-56(45)44-19-11-12-20-46(44)58-53)31-41(33)42-32-38(26-24-34(42)2)50-40(36-17-9-10-18-36)27-29-43-52(50)57-47-21-13-14-22-48(47)59(5,6)54(43,3)4/h11-14,19-32,35-36H,7-10,15-18H2,1-6H3/i1D3,2D3,35D,36D. The molecule has 0 unspecified atom stereocenters. The lowest BCUT2D eigenvalue weighted by atomic mass is 9.83. The average Bonchev–Trinajstić information content (AvgIpc) is 4.09. The third-order valence-electron chi connectivity index (χ3n) is 14.4. The second-order valence-electron chi connectivity index (χ2n) is 18.0. The Hall–Kier alpha value is -5.39. The van der Waals surface area contributed by atoms with Gasteiger partial charge < -0.3 is 9.15 Å². The summed E-state index contributed by atoms with van der Waals surface area (Å²) in [7, 11) is -2.29. The summed E-state index contributed by atoms with van der Waals surface area (Å²) in [5.74, 6) is 0.0167. The van der Waals surface area contributed by atoms with Gasteiger partial charge in [0, 0.05) is 22.1 Å². The maximum Gasteiger partial charge on any atom is 0.307 e. The molecule has 296 valence electrons. The number of nitrogens with zero attached hydrogens (tertiary/aromatic N) is 2. The van der Waals surface area contributed by atoms with Crippen LogP contribution in [0.1, 0.15) is 116 Å². The van der Waals surface area contributed by atoms with Gasteiger partial charge in [0.1, 0.15) is 17.0 Å². The molecule has 2 fully saturated rings. The van der Waals surface area contributed by atoms with Crippen LogP contribution < -0.4 is 9.92 Å². The largest absolute Gasteiger partial charge is 0.457 e. The summed E-state index contributed by atoms with van der Waals surface area (Å²) in [6.45, 7) is 4.07. The van der Waals surface area contributed by atoms with Crippen LogP contribution in [0.4, 0.5) is 0 Å². The molecule has 2 saturated carbocycles. The molecular formula is C54H54N2O2Si. The van der Waals surface area contributed by atoms with Crippen LogP contribution in [0, 0.1) is 13.7 Å². The Kier molecular flexibility index (Phi) is 6.66. The number of para-hydroxylation sites is 3. The van der Waals surface area contributed by atoms with Gasteiger partial charge in [0.05, 0.1) is 19.1 Å². The van der Waals surface area contributed by atoms with Crippen LogP contribution >= 0.6 is 0 Å². The van der Waals surface area contributed by atoms with Gasteiger partial charge in [0.15, 0.2) is 5.58 Å². The molecule has 0 spiro atoms. The van der Waals surface area contributed by atoms with E-state index in [1.54, 1.807) is 18.2 Å². The van der Waals surface area contributed by atoms with Crippen molar-refractivity contribution < 1.29 is 20.1 Å². The smallest absolute Gasteiger partial charge is 0.307 e. The fourth-order valence-corrected chi connectivity index (χ4v) is 13.2. The first kappa shape index (κ1) is 28.9. The van der Waals surface area contributed by atoms with Gasteiger partial charge in [0.2, 0.25) is 0 Å². The van der Waals surface area contributed by atoms with Crippen molar-refractivity contribution >= 4 is 41.2 Å². The Labute approximate surface area is 360 Å². The highest BCUT2D eigenvalue weighted by molar-refractivity contribution is 6.92. The molecule has 1 aliphatic heterocycles. The summed E-state index contributed by atoms with van der Waals surface area (Å²) < 4.78 is 88.9. The summed E-state index contributed by atoms with van der Waals surface area (Å²) in [5.41, 5.74) is 8.89. The average molecular weight is 799 g/mol. The first-order chi connectivity index (χ1) is 31.7. The number of oxazole rings is 1. The Balaban J connectivity index is 1.21. The summed E-state index contributed by atoms with van der Waals surface area (Å²) in [6, 6.07) is 34.8. The van der Waals surface area contributed by atoms with E-state index in [0.717, 1.165) is 64.7 Å². The number of hydrogen-bond donors (Lipinski definition) is 0. The first-order valence-corrected chi connectivity index (χ1v) is 24.3. The summed E-state index contributed by atoms with van der Waals surface area (Å²) in [6.07, 6.45) is 6.31. The van der Waals surface area contributed by atoms with Crippen molar-refractivity contribution in [3.8, 4) is 44.9 Å². The van der Waals surface area contributed by atoms with Crippen molar-refractivity contribution in [3.63, 3.8) is 0 Å². The lowest BCUT2D eigenvalue weighted by Gasteiger charge is -2.40. The van der Waals surface area contributed by atoms with Crippen molar-refractivity contribution in [3.05, 3.63) is 137 Å². The van der Waals surface area contributed by atoms with Gasteiger partial charge in [-0.15, -0.1) is 0 Å². The van der Waals surface area contributed by atoms with Crippen molar-refractivity contribution in [2.45, 2.75) is 109 Å². The molecule has 6 aromatic carbocycles. The molecule has 59 heavy (non-hydrogen) atoms. The Morgan fingerprint density at radius 1 is 0.695 bits per heavy atom. The van der Waals surface area contributed by atoms with Gasteiger partial charge in [-0.1, -0.05) is 125 Å². The van der Waals surface area contributed by atoms with E-state index in [1.165, 1.54) is 5.19 Å².